The molecule has 0 saturated carbocycles. The number of nitrogens with zero attached hydrogens (tertiary/aromatic N) is 3. The van der Waals surface area contributed by atoms with E-state index in [4.69, 9.17) is 11.6 Å². The maximum Gasteiger partial charge on any atom is 0.316 e. The summed E-state index contributed by atoms with van der Waals surface area (Å²) in [5.41, 5.74) is 1.04. The molecule has 1 aromatic carbocycles. The van der Waals surface area contributed by atoms with E-state index in [-0.39, 0.29) is 22.4 Å². The lowest BCUT2D eigenvalue weighted by atomic mass is 10.0. The maximum atomic E-state index is 13.1. The molecule has 0 aliphatic carbocycles. The zero-order valence-corrected chi connectivity index (χ0v) is 10.9. The molecule has 0 bridgehead atoms. The van der Waals surface area contributed by atoms with Crippen LogP contribution in [-0.2, 0) is 0 Å². The van der Waals surface area contributed by atoms with Gasteiger partial charge >= 0.3 is 5.69 Å². The lowest BCUT2D eigenvalue weighted by molar-refractivity contribution is -0.385. The van der Waals surface area contributed by atoms with Gasteiger partial charge in [-0.2, -0.15) is 0 Å². The number of rotatable bonds is 2. The molecule has 2 rings (SSSR count). The van der Waals surface area contributed by atoms with Crippen molar-refractivity contribution < 1.29 is 9.31 Å². The van der Waals surface area contributed by atoms with Crippen LogP contribution in [0.1, 0.15) is 11.3 Å². The van der Waals surface area contributed by atoms with Gasteiger partial charge in [0.15, 0.2) is 5.69 Å². The number of aryl methyl sites for hydroxylation is 2. The standard InChI is InChI=1S/C12H9ClFN3O2/c1-6-5-8(14)3-4-9(6)10-11(17(18)19)7(2)15-12(13)16-10/h3-5H,1-2H3. The first-order valence-corrected chi connectivity index (χ1v) is 5.73. The van der Waals surface area contributed by atoms with E-state index in [0.717, 1.165) is 0 Å². The highest BCUT2D eigenvalue weighted by Crippen LogP contribution is 2.33. The van der Waals surface area contributed by atoms with Gasteiger partial charge in [-0.3, -0.25) is 10.1 Å². The highest BCUT2D eigenvalue weighted by Gasteiger charge is 2.23. The molecule has 0 radical (unpaired) electrons. The molecule has 0 aliphatic heterocycles. The fourth-order valence-electron chi connectivity index (χ4n) is 1.83. The summed E-state index contributed by atoms with van der Waals surface area (Å²) < 4.78 is 13.1. The SMILES string of the molecule is Cc1cc(F)ccc1-c1nc(Cl)nc(C)c1[N+](=O)[O-]. The fraction of sp³-hybridized carbons (Fsp3) is 0.167. The number of nitro groups is 1. The van der Waals surface area contributed by atoms with Crippen molar-refractivity contribution in [2.45, 2.75) is 13.8 Å². The predicted octanol–water partition coefficient (Wildman–Crippen LogP) is 3.46. The molecular weight excluding hydrogens is 273 g/mol. The molecule has 5 nitrogen and oxygen atoms in total. The lowest BCUT2D eigenvalue weighted by Gasteiger charge is -2.07. The van der Waals surface area contributed by atoms with Crippen molar-refractivity contribution in [2.75, 3.05) is 0 Å². The Balaban J connectivity index is 2.77. The van der Waals surface area contributed by atoms with Crippen molar-refractivity contribution >= 4 is 17.3 Å². The Morgan fingerprint density at radius 3 is 2.58 bits per heavy atom. The largest absolute Gasteiger partial charge is 0.316 e. The molecule has 1 aromatic heterocycles. The van der Waals surface area contributed by atoms with E-state index < -0.39 is 10.7 Å². The van der Waals surface area contributed by atoms with E-state index in [1.807, 2.05) is 0 Å². The topological polar surface area (TPSA) is 68.9 Å². The number of halogens is 2. The van der Waals surface area contributed by atoms with Crippen molar-refractivity contribution in [3.8, 4) is 11.3 Å². The summed E-state index contributed by atoms with van der Waals surface area (Å²) in [6, 6.07) is 3.94. The van der Waals surface area contributed by atoms with Crippen molar-refractivity contribution in [3.63, 3.8) is 0 Å². The second kappa shape index (κ2) is 4.89. The molecule has 0 amide bonds. The Labute approximate surface area is 113 Å². The Kier molecular flexibility index (Phi) is 3.44. The Bertz CT molecular complexity index is 676. The second-order valence-electron chi connectivity index (χ2n) is 3.99. The van der Waals surface area contributed by atoms with Gasteiger partial charge in [-0.25, -0.2) is 14.4 Å². The van der Waals surface area contributed by atoms with Gasteiger partial charge in [0.1, 0.15) is 11.5 Å². The Morgan fingerprint density at radius 1 is 1.32 bits per heavy atom. The lowest BCUT2D eigenvalue weighted by Crippen LogP contribution is -2.02. The van der Waals surface area contributed by atoms with Crippen molar-refractivity contribution in [1.29, 1.82) is 0 Å². The summed E-state index contributed by atoms with van der Waals surface area (Å²) in [4.78, 5) is 18.2. The van der Waals surface area contributed by atoms with Crippen molar-refractivity contribution in [3.05, 3.63) is 50.7 Å². The minimum absolute atomic E-state index is 0.0816. The summed E-state index contributed by atoms with van der Waals surface area (Å²) in [6.07, 6.45) is 0. The van der Waals surface area contributed by atoms with Crippen LogP contribution in [0.25, 0.3) is 11.3 Å². The highest BCUT2D eigenvalue weighted by molar-refractivity contribution is 6.28. The van der Waals surface area contributed by atoms with Crippen LogP contribution in [0.5, 0.6) is 0 Å². The van der Waals surface area contributed by atoms with Gasteiger partial charge in [-0.1, -0.05) is 0 Å². The van der Waals surface area contributed by atoms with Crippen molar-refractivity contribution in [2.24, 2.45) is 0 Å². The third-order valence-corrected chi connectivity index (χ3v) is 2.83. The summed E-state index contributed by atoms with van der Waals surface area (Å²) >= 11 is 5.74. The van der Waals surface area contributed by atoms with E-state index in [1.54, 1.807) is 6.92 Å². The molecule has 0 unspecified atom stereocenters. The van der Waals surface area contributed by atoms with Crippen LogP contribution in [0.3, 0.4) is 0 Å². The van der Waals surface area contributed by atoms with Crippen LogP contribution in [0.4, 0.5) is 10.1 Å². The van der Waals surface area contributed by atoms with Crippen LogP contribution in [0.2, 0.25) is 5.28 Å². The number of aromatic nitrogens is 2. The van der Waals surface area contributed by atoms with Gasteiger partial charge in [-0.05, 0) is 49.2 Å². The smallest absolute Gasteiger partial charge is 0.258 e. The quantitative estimate of drug-likeness (QED) is 0.480. The predicted molar refractivity (Wildman–Crippen MR) is 68.6 cm³/mol. The summed E-state index contributed by atoms with van der Waals surface area (Å²) in [6.45, 7) is 3.13. The average molecular weight is 282 g/mol. The molecule has 0 spiro atoms. The van der Waals surface area contributed by atoms with Gasteiger partial charge in [0, 0.05) is 5.56 Å². The van der Waals surface area contributed by atoms with Crippen molar-refractivity contribution in [1.82, 2.24) is 9.97 Å². The monoisotopic (exact) mass is 281 g/mol. The molecular formula is C12H9ClFN3O2. The van der Waals surface area contributed by atoms with Gasteiger partial charge in [0.25, 0.3) is 0 Å². The maximum absolute atomic E-state index is 13.1. The van der Waals surface area contributed by atoms with E-state index >= 15 is 0 Å². The summed E-state index contributed by atoms with van der Waals surface area (Å²) in [5.74, 6) is -0.416. The van der Waals surface area contributed by atoms with Crippen LogP contribution in [-0.4, -0.2) is 14.9 Å². The van der Waals surface area contributed by atoms with E-state index in [9.17, 15) is 14.5 Å². The Hall–Kier alpha value is -2.08. The third-order valence-electron chi connectivity index (χ3n) is 2.66. The highest BCUT2D eigenvalue weighted by atomic mass is 35.5. The number of hydrogen-bond acceptors (Lipinski definition) is 4. The van der Waals surface area contributed by atoms with Crippen LogP contribution in [0.15, 0.2) is 18.2 Å². The van der Waals surface area contributed by atoms with Crippen LogP contribution in [0, 0.1) is 29.8 Å². The molecule has 0 aliphatic rings. The summed E-state index contributed by atoms with van der Waals surface area (Å²) in [7, 11) is 0. The van der Waals surface area contributed by atoms with E-state index in [2.05, 4.69) is 9.97 Å². The van der Waals surface area contributed by atoms with Gasteiger partial charge in [0.2, 0.25) is 5.28 Å². The molecule has 0 saturated heterocycles. The first-order valence-electron chi connectivity index (χ1n) is 5.35. The molecule has 7 heteroatoms. The van der Waals surface area contributed by atoms with E-state index in [1.165, 1.54) is 25.1 Å². The van der Waals surface area contributed by atoms with Gasteiger partial charge in [-0.15, -0.1) is 0 Å². The van der Waals surface area contributed by atoms with Crippen LogP contribution < -0.4 is 0 Å². The molecule has 1 heterocycles. The van der Waals surface area contributed by atoms with Gasteiger partial charge in [0.05, 0.1) is 4.92 Å². The Morgan fingerprint density at radius 2 is 2.00 bits per heavy atom. The second-order valence-corrected chi connectivity index (χ2v) is 4.33. The molecule has 0 N–H and O–H groups in total. The zero-order chi connectivity index (χ0) is 14.2. The number of hydrogen-bond donors (Lipinski definition) is 0. The minimum atomic E-state index is -0.566. The molecule has 0 atom stereocenters. The number of benzene rings is 1. The molecule has 19 heavy (non-hydrogen) atoms. The summed E-state index contributed by atoms with van der Waals surface area (Å²) in [5, 5.41) is 11.0. The minimum Gasteiger partial charge on any atom is -0.258 e. The molecule has 98 valence electrons. The first kappa shape index (κ1) is 13.4. The van der Waals surface area contributed by atoms with E-state index in [0.29, 0.717) is 11.1 Å². The van der Waals surface area contributed by atoms with Crippen LogP contribution >= 0.6 is 11.6 Å². The average Bonchev–Trinajstić information content (AvgIpc) is 2.26. The first-order chi connectivity index (χ1) is 8.90. The third kappa shape index (κ3) is 2.53. The molecule has 2 aromatic rings. The zero-order valence-electron chi connectivity index (χ0n) is 10.1. The molecule has 0 fully saturated rings. The van der Waals surface area contributed by atoms with Gasteiger partial charge < -0.3 is 0 Å². The normalized spacial score (nSPS) is 10.5. The fourth-order valence-corrected chi connectivity index (χ4v) is 2.04.